The van der Waals surface area contributed by atoms with Crippen molar-refractivity contribution in [2.75, 3.05) is 12.3 Å². The number of alkyl carbamates (subject to hydrolysis) is 1. The summed E-state index contributed by atoms with van der Waals surface area (Å²) >= 11 is 0. The van der Waals surface area contributed by atoms with Crippen LogP contribution < -0.4 is 15.8 Å². The lowest BCUT2D eigenvalue weighted by Gasteiger charge is -2.22. The minimum Gasteiger partial charge on any atom is -0.490 e. The number of hydrogen-bond acceptors (Lipinski definition) is 5. The van der Waals surface area contributed by atoms with E-state index in [0.717, 1.165) is 11.1 Å². The fraction of sp³-hybridized carbons (Fsp3) is 0.444. The summed E-state index contributed by atoms with van der Waals surface area (Å²) in [6, 6.07) is 5.48. The molecule has 3 N–H and O–H groups in total. The minimum absolute atomic E-state index is 0.230. The third kappa shape index (κ3) is 6.02. The standard InChI is InChI=1S/C18H26N4O3/c1-12(25-17(23)21-18(2,3)4)11-24-16-7-13(6-15(19)8-16)14-9-20-22(5)10-14/h6-10,12H,11,19H2,1-5H3,(H,21,23)/t12-/m0/s1. The van der Waals surface area contributed by atoms with Crippen LogP contribution >= 0.6 is 0 Å². The maximum atomic E-state index is 11.8. The fourth-order valence-corrected chi connectivity index (χ4v) is 2.21. The van der Waals surface area contributed by atoms with E-state index in [1.165, 1.54) is 0 Å². The molecule has 0 saturated carbocycles. The van der Waals surface area contributed by atoms with Gasteiger partial charge in [-0.25, -0.2) is 4.79 Å². The van der Waals surface area contributed by atoms with Crippen molar-refractivity contribution in [3.05, 3.63) is 30.6 Å². The summed E-state index contributed by atoms with van der Waals surface area (Å²) in [5.41, 5.74) is 8.08. The molecule has 1 atom stereocenters. The molecule has 0 aliphatic rings. The van der Waals surface area contributed by atoms with Gasteiger partial charge < -0.3 is 20.5 Å². The highest BCUT2D eigenvalue weighted by atomic mass is 16.6. The highest BCUT2D eigenvalue weighted by Gasteiger charge is 2.17. The molecule has 0 aliphatic carbocycles. The molecular weight excluding hydrogens is 320 g/mol. The van der Waals surface area contributed by atoms with E-state index in [9.17, 15) is 4.79 Å². The summed E-state index contributed by atoms with van der Waals surface area (Å²) in [7, 11) is 1.86. The van der Waals surface area contributed by atoms with Gasteiger partial charge in [-0.3, -0.25) is 4.68 Å². The van der Waals surface area contributed by atoms with Gasteiger partial charge in [0.25, 0.3) is 0 Å². The molecule has 1 aromatic carbocycles. The van der Waals surface area contributed by atoms with Crippen molar-refractivity contribution in [3.63, 3.8) is 0 Å². The quantitative estimate of drug-likeness (QED) is 0.812. The topological polar surface area (TPSA) is 91.4 Å². The number of nitrogen functional groups attached to an aromatic ring is 1. The number of hydrogen-bond donors (Lipinski definition) is 2. The van der Waals surface area contributed by atoms with Gasteiger partial charge >= 0.3 is 6.09 Å². The molecule has 136 valence electrons. The van der Waals surface area contributed by atoms with Crippen molar-refractivity contribution in [1.29, 1.82) is 0 Å². The van der Waals surface area contributed by atoms with Gasteiger partial charge in [0.2, 0.25) is 0 Å². The van der Waals surface area contributed by atoms with Crippen LogP contribution in [0, 0.1) is 0 Å². The largest absolute Gasteiger partial charge is 0.490 e. The SMILES string of the molecule is C[C@@H](COc1cc(N)cc(-c2cnn(C)c2)c1)OC(=O)NC(C)(C)C. The molecule has 0 fully saturated rings. The number of nitrogens with two attached hydrogens (primary N) is 1. The highest BCUT2D eigenvalue weighted by molar-refractivity contribution is 5.69. The summed E-state index contributed by atoms with van der Waals surface area (Å²) in [5.74, 6) is 0.616. The zero-order valence-electron chi connectivity index (χ0n) is 15.4. The minimum atomic E-state index is -0.466. The molecule has 2 aromatic rings. The zero-order valence-corrected chi connectivity index (χ0v) is 15.4. The maximum absolute atomic E-state index is 11.8. The van der Waals surface area contributed by atoms with Crippen molar-refractivity contribution in [1.82, 2.24) is 15.1 Å². The first kappa shape index (κ1) is 18.6. The lowest BCUT2D eigenvalue weighted by molar-refractivity contribution is 0.0707. The number of nitrogens with one attached hydrogen (secondary N) is 1. The van der Waals surface area contributed by atoms with E-state index in [1.54, 1.807) is 23.9 Å². The Balaban J connectivity index is 1.96. The van der Waals surface area contributed by atoms with Crippen LogP contribution in [0.2, 0.25) is 0 Å². The summed E-state index contributed by atoms with van der Waals surface area (Å²) in [5, 5.41) is 6.90. The van der Waals surface area contributed by atoms with Gasteiger partial charge in [0.05, 0.1) is 6.20 Å². The van der Waals surface area contributed by atoms with Gasteiger partial charge in [0, 0.05) is 36.1 Å². The molecule has 7 heteroatoms. The normalized spacial score (nSPS) is 12.5. The number of nitrogens with zero attached hydrogens (tertiary/aromatic N) is 2. The van der Waals surface area contributed by atoms with Gasteiger partial charge in [0.1, 0.15) is 18.5 Å². The van der Waals surface area contributed by atoms with Crippen LogP contribution in [0.1, 0.15) is 27.7 Å². The van der Waals surface area contributed by atoms with Crippen LogP contribution in [0.5, 0.6) is 5.75 Å². The first-order chi connectivity index (χ1) is 11.6. The Hall–Kier alpha value is -2.70. The average molecular weight is 346 g/mol. The van der Waals surface area contributed by atoms with Crippen molar-refractivity contribution in [3.8, 4) is 16.9 Å². The van der Waals surface area contributed by atoms with Gasteiger partial charge in [-0.1, -0.05) is 0 Å². The molecule has 1 heterocycles. The van der Waals surface area contributed by atoms with E-state index in [1.807, 2.05) is 46.1 Å². The first-order valence-electron chi connectivity index (χ1n) is 8.13. The molecule has 7 nitrogen and oxygen atoms in total. The third-order valence-corrected chi connectivity index (χ3v) is 3.24. The van der Waals surface area contributed by atoms with Crippen LogP contribution in [0.15, 0.2) is 30.6 Å². The second-order valence-electron chi connectivity index (χ2n) is 7.10. The Morgan fingerprint density at radius 3 is 2.64 bits per heavy atom. The summed E-state index contributed by atoms with van der Waals surface area (Å²) in [6.07, 6.45) is 2.81. The number of carbonyl (C=O) groups excluding carboxylic acids is 1. The van der Waals surface area contributed by atoms with Crippen molar-refractivity contribution in [2.24, 2.45) is 7.05 Å². The number of benzene rings is 1. The molecule has 0 bridgehead atoms. The lowest BCUT2D eigenvalue weighted by atomic mass is 10.1. The predicted octanol–water partition coefficient (Wildman–Crippen LogP) is 2.96. The van der Waals surface area contributed by atoms with E-state index in [2.05, 4.69) is 10.4 Å². The Bertz CT molecular complexity index is 734. The fourth-order valence-electron chi connectivity index (χ4n) is 2.21. The summed E-state index contributed by atoms with van der Waals surface area (Å²) in [6.45, 7) is 7.68. The second kappa shape index (κ2) is 7.46. The maximum Gasteiger partial charge on any atom is 0.407 e. The Labute approximate surface area is 148 Å². The van der Waals surface area contributed by atoms with Gasteiger partial charge in [-0.05, 0) is 45.4 Å². The predicted molar refractivity (Wildman–Crippen MR) is 97.4 cm³/mol. The number of aryl methyl sites for hydroxylation is 1. The molecule has 0 unspecified atom stereocenters. The summed E-state index contributed by atoms with van der Waals surface area (Å²) < 4.78 is 12.7. The number of carbonyl (C=O) groups is 1. The molecule has 1 aromatic heterocycles. The van der Waals surface area contributed by atoms with Crippen LogP contribution in [-0.4, -0.2) is 34.1 Å². The monoisotopic (exact) mass is 346 g/mol. The Morgan fingerprint density at radius 1 is 1.32 bits per heavy atom. The van der Waals surface area contributed by atoms with E-state index in [-0.39, 0.29) is 12.1 Å². The molecule has 1 amide bonds. The van der Waals surface area contributed by atoms with Crippen LogP contribution in [-0.2, 0) is 11.8 Å². The molecule has 0 radical (unpaired) electrons. The van der Waals surface area contributed by atoms with Crippen LogP contribution in [0.4, 0.5) is 10.5 Å². The molecule has 0 aliphatic heterocycles. The first-order valence-corrected chi connectivity index (χ1v) is 8.13. The molecule has 2 rings (SSSR count). The van der Waals surface area contributed by atoms with E-state index in [4.69, 9.17) is 15.2 Å². The van der Waals surface area contributed by atoms with Crippen molar-refractivity contribution < 1.29 is 14.3 Å². The van der Waals surface area contributed by atoms with Gasteiger partial charge in [-0.15, -0.1) is 0 Å². The molecule has 25 heavy (non-hydrogen) atoms. The number of anilines is 1. The second-order valence-corrected chi connectivity index (χ2v) is 7.10. The number of aromatic nitrogens is 2. The number of amides is 1. The Kier molecular flexibility index (Phi) is 5.56. The number of rotatable bonds is 5. The Morgan fingerprint density at radius 2 is 2.04 bits per heavy atom. The van der Waals surface area contributed by atoms with Gasteiger partial charge in [-0.2, -0.15) is 5.10 Å². The van der Waals surface area contributed by atoms with Gasteiger partial charge in [0.15, 0.2) is 0 Å². The molecular formula is C18H26N4O3. The molecule has 0 spiro atoms. The summed E-state index contributed by atoms with van der Waals surface area (Å²) in [4.78, 5) is 11.8. The smallest absolute Gasteiger partial charge is 0.407 e. The lowest BCUT2D eigenvalue weighted by Crippen LogP contribution is -2.42. The van der Waals surface area contributed by atoms with E-state index >= 15 is 0 Å². The number of ether oxygens (including phenoxy) is 2. The van der Waals surface area contributed by atoms with Crippen molar-refractivity contribution >= 4 is 11.8 Å². The third-order valence-electron chi connectivity index (χ3n) is 3.24. The van der Waals surface area contributed by atoms with Crippen molar-refractivity contribution in [2.45, 2.75) is 39.3 Å². The molecule has 0 saturated heterocycles. The van der Waals surface area contributed by atoms with Crippen LogP contribution in [0.25, 0.3) is 11.1 Å². The van der Waals surface area contributed by atoms with E-state index in [0.29, 0.717) is 11.4 Å². The van der Waals surface area contributed by atoms with E-state index < -0.39 is 12.2 Å². The highest BCUT2D eigenvalue weighted by Crippen LogP contribution is 2.27. The zero-order chi connectivity index (χ0) is 18.6. The average Bonchev–Trinajstić information content (AvgIpc) is 2.89. The van der Waals surface area contributed by atoms with Crippen LogP contribution in [0.3, 0.4) is 0 Å².